The molecule has 0 radical (unpaired) electrons. The summed E-state index contributed by atoms with van der Waals surface area (Å²) < 4.78 is 11.4. The van der Waals surface area contributed by atoms with Crippen LogP contribution < -0.4 is 4.74 Å². The molecule has 21 heavy (non-hydrogen) atoms. The van der Waals surface area contributed by atoms with Crippen LogP contribution in [0.4, 0.5) is 0 Å². The zero-order valence-corrected chi connectivity index (χ0v) is 13.5. The lowest BCUT2D eigenvalue weighted by molar-refractivity contribution is -0.0686. The second kappa shape index (κ2) is 9.03. The van der Waals surface area contributed by atoms with Gasteiger partial charge in [-0.15, -0.1) is 12.4 Å². The molecule has 118 valence electrons. The van der Waals surface area contributed by atoms with Gasteiger partial charge in [-0.05, 0) is 32.4 Å². The van der Waals surface area contributed by atoms with E-state index in [0.717, 1.165) is 32.3 Å². The molecule has 0 aliphatic carbocycles. The minimum absolute atomic E-state index is 0. The quantitative estimate of drug-likeness (QED) is 0.598. The number of aldehydes is 1. The summed E-state index contributed by atoms with van der Waals surface area (Å²) >= 11 is 0. The highest BCUT2D eigenvalue weighted by Crippen LogP contribution is 2.16. The number of ether oxygens (including phenoxy) is 2. The molecular formula is C16H24ClNO3. The van der Waals surface area contributed by atoms with Crippen LogP contribution in [-0.4, -0.2) is 49.6 Å². The molecule has 1 aliphatic rings. The van der Waals surface area contributed by atoms with Crippen molar-refractivity contribution < 1.29 is 14.3 Å². The summed E-state index contributed by atoms with van der Waals surface area (Å²) in [6.07, 6.45) is 2.39. The van der Waals surface area contributed by atoms with Crippen LogP contribution in [0.5, 0.6) is 5.75 Å². The van der Waals surface area contributed by atoms with Gasteiger partial charge in [-0.25, -0.2) is 0 Å². The summed E-state index contributed by atoms with van der Waals surface area (Å²) in [4.78, 5) is 13.3. The molecule has 2 unspecified atom stereocenters. The number of morpholine rings is 1. The first-order valence-corrected chi connectivity index (χ1v) is 7.24. The van der Waals surface area contributed by atoms with Crippen molar-refractivity contribution in [2.75, 3.05) is 26.2 Å². The van der Waals surface area contributed by atoms with Crippen LogP contribution in [-0.2, 0) is 4.74 Å². The molecule has 1 fully saturated rings. The predicted octanol–water partition coefficient (Wildman–Crippen LogP) is 2.80. The molecule has 1 saturated heterocycles. The van der Waals surface area contributed by atoms with Crippen molar-refractivity contribution in [1.29, 1.82) is 0 Å². The Kier molecular flexibility index (Phi) is 7.72. The van der Waals surface area contributed by atoms with Gasteiger partial charge in [0.25, 0.3) is 0 Å². The number of halogens is 1. The monoisotopic (exact) mass is 313 g/mol. The molecule has 0 bridgehead atoms. The van der Waals surface area contributed by atoms with Crippen molar-refractivity contribution in [2.45, 2.75) is 32.5 Å². The number of para-hydroxylation sites is 1. The molecule has 1 heterocycles. The molecule has 5 heteroatoms. The van der Waals surface area contributed by atoms with Crippen LogP contribution in [0.3, 0.4) is 0 Å². The lowest BCUT2D eigenvalue weighted by Crippen LogP contribution is -2.45. The molecule has 0 spiro atoms. The zero-order valence-electron chi connectivity index (χ0n) is 12.7. The fourth-order valence-corrected chi connectivity index (χ4v) is 2.65. The summed E-state index contributed by atoms with van der Waals surface area (Å²) in [7, 11) is 0. The molecule has 0 amide bonds. The smallest absolute Gasteiger partial charge is 0.153 e. The van der Waals surface area contributed by atoms with E-state index in [1.54, 1.807) is 6.07 Å². The first-order chi connectivity index (χ1) is 9.69. The summed E-state index contributed by atoms with van der Waals surface area (Å²) in [5, 5.41) is 0. The van der Waals surface area contributed by atoms with Gasteiger partial charge in [-0.2, -0.15) is 0 Å². The van der Waals surface area contributed by atoms with E-state index in [0.29, 0.717) is 30.1 Å². The van der Waals surface area contributed by atoms with Crippen molar-refractivity contribution in [2.24, 2.45) is 0 Å². The normalized spacial score (nSPS) is 22.4. The second-order valence-electron chi connectivity index (χ2n) is 5.37. The van der Waals surface area contributed by atoms with E-state index in [1.807, 2.05) is 18.2 Å². The van der Waals surface area contributed by atoms with Gasteiger partial charge in [0.05, 0.1) is 24.4 Å². The third kappa shape index (κ3) is 5.65. The Balaban J connectivity index is 0.00000220. The van der Waals surface area contributed by atoms with Crippen LogP contribution in [0.25, 0.3) is 0 Å². The molecule has 0 N–H and O–H groups in total. The first-order valence-electron chi connectivity index (χ1n) is 7.24. The number of carbonyl (C=O) groups is 1. The van der Waals surface area contributed by atoms with Gasteiger partial charge in [0.2, 0.25) is 0 Å². The number of hydrogen-bond acceptors (Lipinski definition) is 4. The highest BCUT2D eigenvalue weighted by Gasteiger charge is 2.21. The van der Waals surface area contributed by atoms with Crippen molar-refractivity contribution in [3.63, 3.8) is 0 Å². The SMILES string of the molecule is CC1CN(CCCOc2ccccc2C=O)CC(C)O1.Cl. The summed E-state index contributed by atoms with van der Waals surface area (Å²) in [5.41, 5.74) is 0.612. The summed E-state index contributed by atoms with van der Waals surface area (Å²) in [6.45, 7) is 7.82. The molecule has 1 aliphatic heterocycles. The Morgan fingerprint density at radius 3 is 2.62 bits per heavy atom. The fraction of sp³-hybridized carbons (Fsp3) is 0.562. The Hall–Kier alpha value is -1.10. The fourth-order valence-electron chi connectivity index (χ4n) is 2.65. The van der Waals surface area contributed by atoms with E-state index in [2.05, 4.69) is 18.7 Å². The molecule has 0 aromatic heterocycles. The Morgan fingerprint density at radius 1 is 1.29 bits per heavy atom. The van der Waals surface area contributed by atoms with Gasteiger partial charge in [-0.3, -0.25) is 9.69 Å². The van der Waals surface area contributed by atoms with Crippen molar-refractivity contribution in [3.8, 4) is 5.75 Å². The van der Waals surface area contributed by atoms with Crippen LogP contribution in [0.2, 0.25) is 0 Å². The zero-order chi connectivity index (χ0) is 14.4. The Bertz CT molecular complexity index is 431. The largest absolute Gasteiger partial charge is 0.493 e. The number of nitrogens with zero attached hydrogens (tertiary/aromatic N) is 1. The molecule has 4 nitrogen and oxygen atoms in total. The Labute approximate surface area is 132 Å². The topological polar surface area (TPSA) is 38.8 Å². The number of carbonyl (C=O) groups excluding carboxylic acids is 1. The Morgan fingerprint density at radius 2 is 1.95 bits per heavy atom. The number of hydrogen-bond donors (Lipinski definition) is 0. The van der Waals surface area contributed by atoms with E-state index < -0.39 is 0 Å². The first kappa shape index (κ1) is 18.0. The third-order valence-electron chi connectivity index (χ3n) is 3.42. The van der Waals surface area contributed by atoms with E-state index in [1.165, 1.54) is 0 Å². The van der Waals surface area contributed by atoms with Gasteiger partial charge < -0.3 is 9.47 Å². The lowest BCUT2D eigenvalue weighted by Gasteiger charge is -2.35. The third-order valence-corrected chi connectivity index (χ3v) is 3.42. The van der Waals surface area contributed by atoms with Gasteiger partial charge in [0.1, 0.15) is 5.75 Å². The number of benzene rings is 1. The maximum Gasteiger partial charge on any atom is 0.153 e. The molecule has 1 aromatic rings. The predicted molar refractivity (Wildman–Crippen MR) is 85.6 cm³/mol. The highest BCUT2D eigenvalue weighted by molar-refractivity contribution is 5.85. The van der Waals surface area contributed by atoms with Crippen molar-refractivity contribution >= 4 is 18.7 Å². The number of rotatable bonds is 6. The van der Waals surface area contributed by atoms with E-state index in [4.69, 9.17) is 9.47 Å². The summed E-state index contributed by atoms with van der Waals surface area (Å²) in [5.74, 6) is 0.672. The lowest BCUT2D eigenvalue weighted by atomic mass is 10.2. The van der Waals surface area contributed by atoms with Crippen LogP contribution in [0.15, 0.2) is 24.3 Å². The van der Waals surface area contributed by atoms with Crippen molar-refractivity contribution in [3.05, 3.63) is 29.8 Å². The van der Waals surface area contributed by atoms with Crippen LogP contribution in [0.1, 0.15) is 30.6 Å². The van der Waals surface area contributed by atoms with Gasteiger partial charge >= 0.3 is 0 Å². The average molecular weight is 314 g/mol. The standard InChI is InChI=1S/C16H23NO3.ClH/c1-13-10-17(11-14(2)20-13)8-5-9-19-16-7-4-3-6-15(16)12-18;/h3-4,6-7,12-14H,5,8-11H2,1-2H3;1H. The van der Waals surface area contributed by atoms with Crippen molar-refractivity contribution in [1.82, 2.24) is 4.90 Å². The minimum atomic E-state index is 0. The van der Waals surface area contributed by atoms with Gasteiger partial charge in [0, 0.05) is 19.6 Å². The summed E-state index contributed by atoms with van der Waals surface area (Å²) in [6, 6.07) is 7.33. The van der Waals surface area contributed by atoms with E-state index >= 15 is 0 Å². The average Bonchev–Trinajstić information content (AvgIpc) is 2.43. The molecule has 1 aromatic carbocycles. The van der Waals surface area contributed by atoms with E-state index in [9.17, 15) is 4.79 Å². The molecule has 2 atom stereocenters. The van der Waals surface area contributed by atoms with Crippen LogP contribution in [0, 0.1) is 0 Å². The van der Waals surface area contributed by atoms with Gasteiger partial charge in [0.15, 0.2) is 6.29 Å². The molecular weight excluding hydrogens is 290 g/mol. The second-order valence-corrected chi connectivity index (χ2v) is 5.37. The minimum Gasteiger partial charge on any atom is -0.493 e. The molecule has 2 rings (SSSR count). The van der Waals surface area contributed by atoms with E-state index in [-0.39, 0.29) is 12.4 Å². The highest BCUT2D eigenvalue weighted by atomic mass is 35.5. The molecule has 0 saturated carbocycles. The van der Waals surface area contributed by atoms with Crippen LogP contribution >= 0.6 is 12.4 Å². The maximum absolute atomic E-state index is 10.9. The van der Waals surface area contributed by atoms with Gasteiger partial charge in [-0.1, -0.05) is 12.1 Å². The maximum atomic E-state index is 10.9.